The van der Waals surface area contributed by atoms with Crippen LogP contribution >= 0.6 is 0 Å². The predicted molar refractivity (Wildman–Crippen MR) is 98.7 cm³/mol. The first kappa shape index (κ1) is 18.9. The van der Waals surface area contributed by atoms with E-state index in [1.807, 2.05) is 13.0 Å². The van der Waals surface area contributed by atoms with Gasteiger partial charge in [0.25, 0.3) is 0 Å². The number of nitrogens with one attached hydrogen (secondary N) is 2. The molecular weight excluding hydrogens is 371 g/mol. The average molecular weight is 390 g/mol. The molecule has 0 unspecified atom stereocenters. The number of hydrogen-bond acceptors (Lipinski definition) is 6. The Kier molecular flexibility index (Phi) is 5.47. The van der Waals surface area contributed by atoms with Gasteiger partial charge >= 0.3 is 0 Å². The Morgan fingerprint density at radius 1 is 1.07 bits per heavy atom. The van der Waals surface area contributed by atoms with Crippen LogP contribution in [0, 0.1) is 19.7 Å². The highest BCUT2D eigenvalue weighted by atomic mass is 32.2. The smallest absolute Gasteiger partial charge is 0.240 e. The molecule has 0 atom stereocenters. The molecule has 0 saturated heterocycles. The van der Waals surface area contributed by atoms with Gasteiger partial charge in [-0.2, -0.15) is 5.10 Å². The molecule has 0 bridgehead atoms. The molecule has 3 aromatic rings. The van der Waals surface area contributed by atoms with E-state index in [0.29, 0.717) is 23.7 Å². The number of anilines is 1. The number of hydrogen-bond donors (Lipinski definition) is 2. The number of aromatic nitrogens is 4. The summed E-state index contributed by atoms with van der Waals surface area (Å²) in [6, 6.07) is 9.00. The molecule has 8 nitrogen and oxygen atoms in total. The summed E-state index contributed by atoms with van der Waals surface area (Å²) in [6.45, 7) is 3.90. The zero-order chi connectivity index (χ0) is 19.4. The van der Waals surface area contributed by atoms with Crippen LogP contribution in [0.1, 0.15) is 11.3 Å². The SMILES string of the molecule is Cc1ccn(-c2ccc(NCCNS(=O)(=O)c3cc(F)ccc3C)nn2)n1. The van der Waals surface area contributed by atoms with Crippen LogP contribution in [0.4, 0.5) is 10.2 Å². The maximum Gasteiger partial charge on any atom is 0.240 e. The molecule has 1 aromatic carbocycles. The standard InChI is InChI=1S/C17H19FN6O2S/c1-12-3-4-14(18)11-15(12)27(25,26)20-9-8-19-16-5-6-17(22-21-16)24-10-7-13(2)23-24/h3-7,10-11,20H,8-9H2,1-2H3,(H,19,21). The van der Waals surface area contributed by atoms with Crippen molar-refractivity contribution in [2.45, 2.75) is 18.7 Å². The van der Waals surface area contributed by atoms with Gasteiger partial charge in [0, 0.05) is 19.3 Å². The first-order chi connectivity index (χ1) is 12.8. The maximum atomic E-state index is 13.3. The molecular formula is C17H19FN6O2S. The fourth-order valence-corrected chi connectivity index (χ4v) is 3.69. The van der Waals surface area contributed by atoms with E-state index in [9.17, 15) is 12.8 Å². The number of halogens is 1. The van der Waals surface area contributed by atoms with Gasteiger partial charge in [-0.05, 0) is 49.7 Å². The molecule has 142 valence electrons. The number of sulfonamides is 1. The first-order valence-electron chi connectivity index (χ1n) is 8.21. The Bertz CT molecular complexity index is 1030. The molecule has 27 heavy (non-hydrogen) atoms. The number of rotatable bonds is 7. The maximum absolute atomic E-state index is 13.3. The molecule has 10 heteroatoms. The molecule has 0 radical (unpaired) electrons. The van der Waals surface area contributed by atoms with Crippen molar-refractivity contribution >= 4 is 15.8 Å². The molecule has 0 aliphatic rings. The van der Waals surface area contributed by atoms with Crippen molar-refractivity contribution in [1.82, 2.24) is 24.7 Å². The van der Waals surface area contributed by atoms with Gasteiger partial charge in [-0.15, -0.1) is 10.2 Å². The van der Waals surface area contributed by atoms with Crippen LogP contribution < -0.4 is 10.0 Å². The lowest BCUT2D eigenvalue weighted by atomic mass is 10.2. The first-order valence-corrected chi connectivity index (χ1v) is 9.69. The summed E-state index contributed by atoms with van der Waals surface area (Å²) in [6.07, 6.45) is 1.79. The molecule has 0 fully saturated rings. The zero-order valence-corrected chi connectivity index (χ0v) is 15.7. The van der Waals surface area contributed by atoms with Crippen LogP contribution in [0.2, 0.25) is 0 Å². The van der Waals surface area contributed by atoms with Gasteiger partial charge in [0.1, 0.15) is 11.6 Å². The fourth-order valence-electron chi connectivity index (χ4n) is 2.40. The van der Waals surface area contributed by atoms with E-state index < -0.39 is 15.8 Å². The van der Waals surface area contributed by atoms with E-state index in [2.05, 4.69) is 25.3 Å². The van der Waals surface area contributed by atoms with Crippen LogP contribution in [0.25, 0.3) is 5.82 Å². The van der Waals surface area contributed by atoms with Gasteiger partial charge in [-0.3, -0.25) is 0 Å². The third-order valence-corrected chi connectivity index (χ3v) is 5.37. The third kappa shape index (κ3) is 4.66. The summed E-state index contributed by atoms with van der Waals surface area (Å²) in [5.74, 6) is 0.488. The van der Waals surface area contributed by atoms with Crippen molar-refractivity contribution in [3.8, 4) is 5.82 Å². The highest BCUT2D eigenvalue weighted by Crippen LogP contribution is 2.16. The lowest BCUT2D eigenvalue weighted by molar-refractivity contribution is 0.578. The van der Waals surface area contributed by atoms with Gasteiger partial charge in [-0.25, -0.2) is 22.2 Å². The predicted octanol–water partition coefficient (Wildman–Crippen LogP) is 1.81. The molecule has 0 saturated carbocycles. The second kappa shape index (κ2) is 7.80. The van der Waals surface area contributed by atoms with E-state index in [1.54, 1.807) is 29.9 Å². The molecule has 0 aliphatic carbocycles. The van der Waals surface area contributed by atoms with E-state index in [1.165, 1.54) is 12.1 Å². The molecule has 2 heterocycles. The van der Waals surface area contributed by atoms with E-state index in [-0.39, 0.29) is 11.4 Å². The van der Waals surface area contributed by atoms with Gasteiger partial charge in [0.2, 0.25) is 10.0 Å². The summed E-state index contributed by atoms with van der Waals surface area (Å²) in [5, 5.41) is 15.3. The van der Waals surface area contributed by atoms with Crippen molar-refractivity contribution in [3.63, 3.8) is 0 Å². The normalized spacial score (nSPS) is 11.5. The second-order valence-electron chi connectivity index (χ2n) is 5.91. The Labute approximate surface area is 156 Å². The minimum Gasteiger partial charge on any atom is -0.367 e. The monoisotopic (exact) mass is 390 g/mol. The average Bonchev–Trinajstić information content (AvgIpc) is 3.07. The van der Waals surface area contributed by atoms with E-state index in [0.717, 1.165) is 11.8 Å². The number of nitrogens with zero attached hydrogens (tertiary/aromatic N) is 4. The van der Waals surface area contributed by atoms with E-state index >= 15 is 0 Å². The molecule has 0 aliphatic heterocycles. The van der Waals surface area contributed by atoms with Crippen LogP contribution in [-0.2, 0) is 10.0 Å². The quantitative estimate of drug-likeness (QED) is 0.597. The Morgan fingerprint density at radius 3 is 2.56 bits per heavy atom. The summed E-state index contributed by atoms with van der Waals surface area (Å²) in [5.41, 5.74) is 1.35. The fraction of sp³-hybridized carbons (Fsp3) is 0.235. The second-order valence-corrected chi connectivity index (χ2v) is 7.65. The van der Waals surface area contributed by atoms with Gasteiger partial charge in [0.05, 0.1) is 10.6 Å². The van der Waals surface area contributed by atoms with Crippen molar-refractivity contribution in [1.29, 1.82) is 0 Å². The highest BCUT2D eigenvalue weighted by molar-refractivity contribution is 7.89. The largest absolute Gasteiger partial charge is 0.367 e. The summed E-state index contributed by atoms with van der Waals surface area (Å²) >= 11 is 0. The number of benzene rings is 1. The van der Waals surface area contributed by atoms with Crippen molar-refractivity contribution in [2.24, 2.45) is 0 Å². The minimum absolute atomic E-state index is 0.0684. The van der Waals surface area contributed by atoms with Crippen LogP contribution in [0.3, 0.4) is 0 Å². The summed E-state index contributed by atoms with van der Waals surface area (Å²) < 4.78 is 41.9. The molecule has 2 N–H and O–H groups in total. The highest BCUT2D eigenvalue weighted by Gasteiger charge is 2.16. The summed E-state index contributed by atoms with van der Waals surface area (Å²) in [4.78, 5) is -0.0684. The molecule has 3 rings (SSSR count). The molecule has 0 spiro atoms. The Hall–Kier alpha value is -2.85. The Balaban J connectivity index is 1.54. The number of aryl methyl sites for hydroxylation is 2. The lowest BCUT2D eigenvalue weighted by Gasteiger charge is -2.10. The topological polar surface area (TPSA) is 102 Å². The lowest BCUT2D eigenvalue weighted by Crippen LogP contribution is -2.29. The van der Waals surface area contributed by atoms with Crippen molar-refractivity contribution in [3.05, 3.63) is 59.7 Å². The van der Waals surface area contributed by atoms with Crippen molar-refractivity contribution in [2.75, 3.05) is 18.4 Å². The van der Waals surface area contributed by atoms with Crippen LogP contribution in [-0.4, -0.2) is 41.5 Å². The third-order valence-electron chi connectivity index (χ3n) is 3.77. The molecule has 0 amide bonds. The van der Waals surface area contributed by atoms with Crippen LogP contribution in [0.5, 0.6) is 0 Å². The van der Waals surface area contributed by atoms with Crippen molar-refractivity contribution < 1.29 is 12.8 Å². The van der Waals surface area contributed by atoms with Crippen LogP contribution in [0.15, 0.2) is 47.5 Å². The molecule has 2 aromatic heterocycles. The van der Waals surface area contributed by atoms with Gasteiger partial charge in [0.15, 0.2) is 5.82 Å². The minimum atomic E-state index is -3.79. The van der Waals surface area contributed by atoms with E-state index in [4.69, 9.17) is 0 Å². The zero-order valence-electron chi connectivity index (χ0n) is 14.8. The van der Waals surface area contributed by atoms with Gasteiger partial charge < -0.3 is 5.32 Å². The summed E-state index contributed by atoms with van der Waals surface area (Å²) in [7, 11) is -3.79. The Morgan fingerprint density at radius 2 is 1.89 bits per heavy atom. The van der Waals surface area contributed by atoms with Gasteiger partial charge in [-0.1, -0.05) is 6.07 Å².